The fourth-order valence-electron chi connectivity index (χ4n) is 2.27. The minimum atomic E-state index is -3.97. The molecule has 0 fully saturated rings. The van der Waals surface area contributed by atoms with E-state index in [-0.39, 0.29) is 32.9 Å². The summed E-state index contributed by atoms with van der Waals surface area (Å²) in [5.74, 6) is -0.715. The first-order valence-electron chi connectivity index (χ1n) is 8.65. The molecule has 0 saturated heterocycles. The number of hydrogen-bond acceptors (Lipinski definition) is 7. The molecule has 30 heavy (non-hydrogen) atoms. The largest absolute Gasteiger partial charge is 0.454 e. The van der Waals surface area contributed by atoms with Crippen molar-refractivity contribution < 1.29 is 30.8 Å². The highest BCUT2D eigenvalue weighted by Gasteiger charge is 2.26. The van der Waals surface area contributed by atoms with Crippen molar-refractivity contribution in [1.29, 1.82) is 0 Å². The normalized spacial score (nSPS) is 12.9. The van der Waals surface area contributed by atoms with Crippen LogP contribution in [0.5, 0.6) is 0 Å². The van der Waals surface area contributed by atoms with Crippen molar-refractivity contribution in [3.63, 3.8) is 0 Å². The second-order valence-corrected chi connectivity index (χ2v) is 11.7. The van der Waals surface area contributed by atoms with Crippen molar-refractivity contribution in [2.45, 2.75) is 42.9 Å². The van der Waals surface area contributed by atoms with Gasteiger partial charge in [-0.15, -0.1) is 0 Å². The van der Waals surface area contributed by atoms with Gasteiger partial charge in [0, 0.05) is 19.6 Å². The molecule has 1 aromatic heterocycles. The number of rotatable bonds is 7. The number of carbonyl (C=O) groups excluding carboxylic acids is 1. The summed E-state index contributed by atoms with van der Waals surface area (Å²) in [7, 11) is -5.00. The monoisotopic (exact) mass is 478 g/mol. The van der Waals surface area contributed by atoms with Gasteiger partial charge in [0.25, 0.3) is 10.0 Å². The maximum absolute atomic E-state index is 12.6. The predicted molar refractivity (Wildman–Crippen MR) is 110 cm³/mol. The number of nitrogens with zero attached hydrogens (tertiary/aromatic N) is 1. The van der Waals surface area contributed by atoms with Crippen LogP contribution in [0.15, 0.2) is 44.7 Å². The zero-order chi connectivity index (χ0) is 22.9. The molecule has 0 aliphatic carbocycles. The molecule has 0 atom stereocenters. The Hall–Kier alpha value is -1.92. The highest BCUT2D eigenvalue weighted by atomic mass is 35.5. The Morgan fingerprint density at radius 2 is 1.77 bits per heavy atom. The van der Waals surface area contributed by atoms with Crippen LogP contribution in [0.1, 0.15) is 36.9 Å². The first-order valence-corrected chi connectivity index (χ1v) is 12.0. The molecule has 2 aromatic rings. The van der Waals surface area contributed by atoms with Gasteiger partial charge in [-0.3, -0.25) is 0 Å². The summed E-state index contributed by atoms with van der Waals surface area (Å²) in [5.41, 5.74) is -0.788. The molecule has 12 heteroatoms. The fourth-order valence-corrected chi connectivity index (χ4v) is 5.03. The Labute approximate surface area is 181 Å². The van der Waals surface area contributed by atoms with Crippen molar-refractivity contribution in [3.05, 3.63) is 46.7 Å². The molecule has 1 aromatic carbocycles. The summed E-state index contributed by atoms with van der Waals surface area (Å²) in [4.78, 5) is 12.1. The van der Waals surface area contributed by atoms with Crippen LogP contribution < -0.4 is 4.72 Å². The predicted octanol–water partition coefficient (Wildman–Crippen LogP) is 2.62. The Bertz CT molecular complexity index is 1150. The number of ether oxygens (including phenoxy) is 1. The van der Waals surface area contributed by atoms with Crippen LogP contribution in [-0.2, 0) is 31.4 Å². The molecule has 1 heterocycles. The summed E-state index contributed by atoms with van der Waals surface area (Å²) >= 11 is 6.01. The number of benzene rings is 1. The van der Waals surface area contributed by atoms with E-state index in [1.165, 1.54) is 38.4 Å². The minimum Gasteiger partial charge on any atom is -0.454 e. The molecule has 0 radical (unpaired) electrons. The van der Waals surface area contributed by atoms with Crippen LogP contribution in [0.2, 0.25) is 5.02 Å². The van der Waals surface area contributed by atoms with Gasteiger partial charge in [0.2, 0.25) is 15.1 Å². The van der Waals surface area contributed by atoms with Gasteiger partial charge >= 0.3 is 5.97 Å². The van der Waals surface area contributed by atoms with E-state index >= 15 is 0 Å². The van der Waals surface area contributed by atoms with Gasteiger partial charge in [0.15, 0.2) is 0 Å². The molecule has 2 rings (SSSR count). The number of sulfonamides is 2. The van der Waals surface area contributed by atoms with Gasteiger partial charge in [-0.25, -0.2) is 30.7 Å². The molecular weight excluding hydrogens is 456 g/mol. The van der Waals surface area contributed by atoms with E-state index in [1.807, 2.05) is 0 Å². The molecule has 0 saturated carbocycles. The van der Waals surface area contributed by atoms with Gasteiger partial charge in [-0.1, -0.05) is 11.6 Å². The summed E-state index contributed by atoms with van der Waals surface area (Å²) in [6, 6.07) is 6.34. The molecule has 1 N–H and O–H groups in total. The van der Waals surface area contributed by atoms with E-state index in [0.29, 0.717) is 0 Å². The van der Waals surface area contributed by atoms with E-state index in [2.05, 4.69) is 4.72 Å². The standard InChI is InChI=1S/C18H23ClN2O7S2/c1-18(2,3)20-29(23,24)15-10-12(6-8-14(15)19)17(22)27-11-13-7-9-16(28-13)30(25,26)21(4)5/h6-10,20H,11H2,1-5H3. The molecule has 0 amide bonds. The van der Waals surface area contributed by atoms with Crippen LogP contribution in [0.4, 0.5) is 0 Å². The van der Waals surface area contributed by atoms with Crippen LogP contribution in [0.3, 0.4) is 0 Å². The lowest BCUT2D eigenvalue weighted by molar-refractivity contribution is 0.0440. The first-order chi connectivity index (χ1) is 13.6. The zero-order valence-electron chi connectivity index (χ0n) is 17.1. The maximum atomic E-state index is 12.6. The third-order valence-corrected chi connectivity index (χ3v) is 7.54. The second kappa shape index (κ2) is 8.67. The molecule has 0 unspecified atom stereocenters. The number of halogens is 1. The van der Waals surface area contributed by atoms with E-state index in [4.69, 9.17) is 20.8 Å². The van der Waals surface area contributed by atoms with E-state index in [9.17, 15) is 21.6 Å². The van der Waals surface area contributed by atoms with Gasteiger partial charge in [-0.05, 0) is 51.1 Å². The molecule has 0 aliphatic heterocycles. The maximum Gasteiger partial charge on any atom is 0.338 e. The summed E-state index contributed by atoms with van der Waals surface area (Å²) in [5, 5.41) is -0.334. The van der Waals surface area contributed by atoms with E-state index in [0.717, 1.165) is 10.4 Å². The molecule has 166 valence electrons. The smallest absolute Gasteiger partial charge is 0.338 e. The Morgan fingerprint density at radius 3 is 2.33 bits per heavy atom. The van der Waals surface area contributed by atoms with Crippen LogP contribution in [-0.4, -0.2) is 46.7 Å². The van der Waals surface area contributed by atoms with Crippen molar-refractivity contribution >= 4 is 37.6 Å². The SMILES string of the molecule is CN(C)S(=O)(=O)c1ccc(COC(=O)c2ccc(Cl)c(S(=O)(=O)NC(C)(C)C)c2)o1. The van der Waals surface area contributed by atoms with Gasteiger partial charge < -0.3 is 9.15 Å². The average molecular weight is 479 g/mol. The van der Waals surface area contributed by atoms with Crippen LogP contribution in [0, 0.1) is 0 Å². The number of furan rings is 1. The molecule has 9 nitrogen and oxygen atoms in total. The topological polar surface area (TPSA) is 123 Å². The number of nitrogens with one attached hydrogen (secondary N) is 1. The Balaban J connectivity index is 2.18. The highest BCUT2D eigenvalue weighted by Crippen LogP contribution is 2.25. The van der Waals surface area contributed by atoms with Crippen molar-refractivity contribution in [3.8, 4) is 0 Å². The van der Waals surface area contributed by atoms with Gasteiger partial charge in [-0.2, -0.15) is 0 Å². The van der Waals surface area contributed by atoms with Crippen LogP contribution in [0.25, 0.3) is 0 Å². The molecular formula is C18H23ClN2O7S2. The number of hydrogen-bond donors (Lipinski definition) is 1. The van der Waals surface area contributed by atoms with Crippen molar-refractivity contribution in [2.24, 2.45) is 0 Å². The lowest BCUT2D eigenvalue weighted by Crippen LogP contribution is -2.40. The quantitative estimate of drug-likeness (QED) is 0.606. The van der Waals surface area contributed by atoms with Crippen molar-refractivity contribution in [1.82, 2.24) is 9.03 Å². The average Bonchev–Trinajstić information content (AvgIpc) is 3.07. The van der Waals surface area contributed by atoms with Crippen LogP contribution >= 0.6 is 11.6 Å². The number of carbonyl (C=O) groups is 1. The summed E-state index contributed by atoms with van der Waals surface area (Å²) < 4.78 is 62.9. The molecule has 0 spiro atoms. The van der Waals surface area contributed by atoms with E-state index in [1.54, 1.807) is 20.8 Å². The Morgan fingerprint density at radius 1 is 1.13 bits per heavy atom. The van der Waals surface area contributed by atoms with Gasteiger partial charge in [0.1, 0.15) is 17.3 Å². The third-order valence-electron chi connectivity index (χ3n) is 3.61. The fraction of sp³-hybridized carbons (Fsp3) is 0.389. The highest BCUT2D eigenvalue weighted by molar-refractivity contribution is 7.89. The van der Waals surface area contributed by atoms with E-state index < -0.39 is 31.6 Å². The number of esters is 1. The summed E-state index contributed by atoms with van der Waals surface area (Å²) in [6.07, 6.45) is 0. The molecule has 0 aliphatic rings. The van der Waals surface area contributed by atoms with Gasteiger partial charge in [0.05, 0.1) is 10.6 Å². The van der Waals surface area contributed by atoms with Crippen molar-refractivity contribution in [2.75, 3.05) is 14.1 Å². The third kappa shape index (κ3) is 5.82. The molecule has 0 bridgehead atoms. The zero-order valence-corrected chi connectivity index (χ0v) is 19.5. The Kier molecular flexibility index (Phi) is 7.04. The summed E-state index contributed by atoms with van der Waals surface area (Å²) in [6.45, 7) is 4.67. The lowest BCUT2D eigenvalue weighted by atomic mass is 10.1. The first kappa shape index (κ1) is 24.4. The lowest BCUT2D eigenvalue weighted by Gasteiger charge is -2.21. The second-order valence-electron chi connectivity index (χ2n) is 7.59. The minimum absolute atomic E-state index is 0.0404.